The van der Waals surface area contributed by atoms with Crippen molar-refractivity contribution in [3.05, 3.63) is 16.6 Å². The van der Waals surface area contributed by atoms with E-state index in [4.69, 9.17) is 0 Å². The Labute approximate surface area is 135 Å². The van der Waals surface area contributed by atoms with E-state index in [0.29, 0.717) is 13.0 Å². The Balaban J connectivity index is 1.71. The quantitative estimate of drug-likeness (QED) is 0.867. The molecule has 1 saturated heterocycles. The summed E-state index contributed by atoms with van der Waals surface area (Å²) in [5.41, 5.74) is 0. The van der Waals surface area contributed by atoms with E-state index in [1.165, 1.54) is 6.42 Å². The third-order valence-corrected chi connectivity index (χ3v) is 4.75. The summed E-state index contributed by atoms with van der Waals surface area (Å²) >= 11 is 1.57. The van der Waals surface area contributed by atoms with Crippen LogP contribution in [0.2, 0.25) is 0 Å². The van der Waals surface area contributed by atoms with Crippen molar-refractivity contribution in [2.75, 3.05) is 13.1 Å². The lowest BCUT2D eigenvalue weighted by Crippen LogP contribution is -2.53. The molecule has 0 aliphatic carbocycles. The number of likely N-dealkylation sites (tertiary alicyclic amines) is 1. The largest absolute Gasteiger partial charge is 0.338 e. The Morgan fingerprint density at radius 3 is 3.00 bits per heavy atom. The summed E-state index contributed by atoms with van der Waals surface area (Å²) in [4.78, 5) is 30.3. The van der Waals surface area contributed by atoms with Gasteiger partial charge in [0.25, 0.3) is 0 Å². The first-order valence-corrected chi connectivity index (χ1v) is 8.69. The van der Waals surface area contributed by atoms with Gasteiger partial charge in [-0.3, -0.25) is 4.79 Å². The fourth-order valence-electron chi connectivity index (χ4n) is 2.64. The van der Waals surface area contributed by atoms with Crippen molar-refractivity contribution >= 4 is 23.3 Å². The predicted octanol–water partition coefficient (Wildman–Crippen LogP) is 1.77. The van der Waals surface area contributed by atoms with Gasteiger partial charge in [-0.1, -0.05) is 0 Å². The van der Waals surface area contributed by atoms with Gasteiger partial charge in [0.2, 0.25) is 5.91 Å². The molecule has 1 aliphatic heterocycles. The molecule has 3 amide bonds. The van der Waals surface area contributed by atoms with Crippen LogP contribution in [0.4, 0.5) is 4.79 Å². The molecule has 2 heterocycles. The predicted molar refractivity (Wildman–Crippen MR) is 86.8 cm³/mol. The number of carbonyl (C=O) groups is 2. The molecule has 1 aromatic rings. The van der Waals surface area contributed by atoms with Crippen molar-refractivity contribution in [3.8, 4) is 0 Å². The Morgan fingerprint density at radius 2 is 2.32 bits per heavy atom. The van der Waals surface area contributed by atoms with Gasteiger partial charge < -0.3 is 15.5 Å². The molecule has 2 atom stereocenters. The lowest BCUT2D eigenvalue weighted by atomic mass is 10.0. The molecule has 6 nitrogen and oxygen atoms in total. The summed E-state index contributed by atoms with van der Waals surface area (Å²) in [6, 6.07) is -0.541. The molecule has 1 aromatic heterocycles. The number of hydrogen-bond acceptors (Lipinski definition) is 4. The first-order chi connectivity index (χ1) is 10.6. The molecule has 0 aromatic carbocycles. The van der Waals surface area contributed by atoms with Crippen molar-refractivity contribution in [2.45, 2.75) is 51.6 Å². The molecule has 2 N–H and O–H groups in total. The highest BCUT2D eigenvalue weighted by Gasteiger charge is 2.27. The second kappa shape index (κ2) is 8.12. The number of nitrogens with zero attached hydrogens (tertiary/aromatic N) is 2. The smallest absolute Gasteiger partial charge is 0.315 e. The number of thiazole rings is 1. The second-order valence-electron chi connectivity index (χ2n) is 5.67. The van der Waals surface area contributed by atoms with Crippen LogP contribution in [0, 0.1) is 0 Å². The molecule has 0 radical (unpaired) electrons. The lowest BCUT2D eigenvalue weighted by molar-refractivity contribution is -0.136. The van der Waals surface area contributed by atoms with Gasteiger partial charge in [0.15, 0.2) is 0 Å². The zero-order chi connectivity index (χ0) is 15.9. The average Bonchev–Trinajstić information content (AvgIpc) is 3.00. The molecule has 122 valence electrons. The van der Waals surface area contributed by atoms with Crippen LogP contribution in [0.25, 0.3) is 0 Å². The van der Waals surface area contributed by atoms with Gasteiger partial charge in [0, 0.05) is 37.1 Å². The summed E-state index contributed by atoms with van der Waals surface area (Å²) in [6.07, 6.45) is 5.71. The Morgan fingerprint density at radius 1 is 1.50 bits per heavy atom. The van der Waals surface area contributed by atoms with Crippen molar-refractivity contribution in [1.82, 2.24) is 20.5 Å². The lowest BCUT2D eigenvalue weighted by Gasteiger charge is -2.35. The maximum absolute atomic E-state index is 12.4. The number of nitrogens with one attached hydrogen (secondary N) is 2. The maximum Gasteiger partial charge on any atom is 0.315 e. The van der Waals surface area contributed by atoms with Gasteiger partial charge in [-0.05, 0) is 33.1 Å². The minimum absolute atomic E-state index is 0.00211. The molecule has 7 heteroatoms. The van der Waals surface area contributed by atoms with Crippen LogP contribution < -0.4 is 10.6 Å². The van der Waals surface area contributed by atoms with Gasteiger partial charge >= 0.3 is 6.03 Å². The third kappa shape index (κ3) is 4.69. The number of urea groups is 1. The minimum Gasteiger partial charge on any atom is -0.338 e. The fourth-order valence-corrected chi connectivity index (χ4v) is 3.26. The topological polar surface area (TPSA) is 74.3 Å². The molecule has 1 fully saturated rings. The summed E-state index contributed by atoms with van der Waals surface area (Å²) in [5, 5.41) is 8.39. The molecule has 1 aliphatic rings. The molecule has 0 unspecified atom stereocenters. The minimum atomic E-state index is -0.500. The van der Waals surface area contributed by atoms with Crippen LogP contribution in [0.5, 0.6) is 0 Å². The van der Waals surface area contributed by atoms with E-state index in [-0.39, 0.29) is 18.0 Å². The van der Waals surface area contributed by atoms with Crippen LogP contribution in [-0.2, 0) is 11.2 Å². The molecular weight excluding hydrogens is 300 g/mol. The van der Waals surface area contributed by atoms with Gasteiger partial charge in [0.05, 0.1) is 5.01 Å². The average molecular weight is 324 g/mol. The first kappa shape index (κ1) is 16.7. The summed E-state index contributed by atoms with van der Waals surface area (Å²) in [5.74, 6) is 0.00211. The van der Waals surface area contributed by atoms with Gasteiger partial charge in [-0.15, -0.1) is 11.3 Å². The van der Waals surface area contributed by atoms with E-state index in [9.17, 15) is 9.59 Å². The summed E-state index contributed by atoms with van der Waals surface area (Å²) < 4.78 is 0. The van der Waals surface area contributed by atoms with Crippen LogP contribution in [0.3, 0.4) is 0 Å². The van der Waals surface area contributed by atoms with Crippen LogP contribution in [-0.4, -0.2) is 47.0 Å². The normalized spacial score (nSPS) is 19.5. The Bertz CT molecular complexity index is 492. The summed E-state index contributed by atoms with van der Waals surface area (Å²) in [6.45, 7) is 5.11. The standard InChI is InChI=1S/C15H24N4O2S/c1-11-5-3-4-9-19(11)14(20)12(2)18-15(21)17-7-6-13-16-8-10-22-13/h8,10-12H,3-7,9H2,1-2H3,(H2,17,18,21)/t11-,12+/m0/s1. The van der Waals surface area contributed by atoms with Gasteiger partial charge in [0.1, 0.15) is 6.04 Å². The molecule has 0 bridgehead atoms. The van der Waals surface area contributed by atoms with E-state index in [1.54, 1.807) is 24.5 Å². The van der Waals surface area contributed by atoms with Crippen molar-refractivity contribution in [1.29, 1.82) is 0 Å². The van der Waals surface area contributed by atoms with E-state index < -0.39 is 6.04 Å². The third-order valence-electron chi connectivity index (χ3n) is 3.91. The van der Waals surface area contributed by atoms with E-state index >= 15 is 0 Å². The Hall–Kier alpha value is -1.63. The number of piperidine rings is 1. The molecule has 0 saturated carbocycles. The van der Waals surface area contributed by atoms with E-state index in [0.717, 1.165) is 24.4 Å². The number of amides is 3. The molecule has 22 heavy (non-hydrogen) atoms. The van der Waals surface area contributed by atoms with Crippen molar-refractivity contribution in [2.24, 2.45) is 0 Å². The highest BCUT2D eigenvalue weighted by atomic mass is 32.1. The van der Waals surface area contributed by atoms with Crippen LogP contribution >= 0.6 is 11.3 Å². The highest BCUT2D eigenvalue weighted by Crippen LogP contribution is 2.17. The number of aromatic nitrogens is 1. The monoisotopic (exact) mass is 324 g/mol. The molecule has 2 rings (SSSR count). The highest BCUT2D eigenvalue weighted by molar-refractivity contribution is 7.09. The maximum atomic E-state index is 12.4. The first-order valence-electron chi connectivity index (χ1n) is 7.81. The zero-order valence-electron chi connectivity index (χ0n) is 13.2. The SMILES string of the molecule is C[C@@H](NC(=O)NCCc1nccs1)C(=O)N1CCCC[C@@H]1C. The molecule has 0 spiro atoms. The summed E-state index contributed by atoms with van der Waals surface area (Å²) in [7, 11) is 0. The van der Waals surface area contributed by atoms with Crippen LogP contribution in [0.1, 0.15) is 38.1 Å². The van der Waals surface area contributed by atoms with E-state index in [1.807, 2.05) is 10.3 Å². The second-order valence-corrected chi connectivity index (χ2v) is 6.65. The van der Waals surface area contributed by atoms with Gasteiger partial charge in [-0.2, -0.15) is 0 Å². The van der Waals surface area contributed by atoms with Crippen LogP contribution in [0.15, 0.2) is 11.6 Å². The van der Waals surface area contributed by atoms with E-state index in [2.05, 4.69) is 22.5 Å². The van der Waals surface area contributed by atoms with Crippen molar-refractivity contribution < 1.29 is 9.59 Å². The Kier molecular flexibility index (Phi) is 6.18. The van der Waals surface area contributed by atoms with Crippen molar-refractivity contribution in [3.63, 3.8) is 0 Å². The fraction of sp³-hybridized carbons (Fsp3) is 0.667. The number of rotatable bonds is 5. The molecular formula is C15H24N4O2S. The zero-order valence-corrected chi connectivity index (χ0v) is 14.0. The van der Waals surface area contributed by atoms with Gasteiger partial charge in [-0.25, -0.2) is 9.78 Å². The number of carbonyl (C=O) groups excluding carboxylic acids is 2. The number of hydrogen-bond donors (Lipinski definition) is 2.